The van der Waals surface area contributed by atoms with E-state index in [0.29, 0.717) is 98.4 Å². The summed E-state index contributed by atoms with van der Waals surface area (Å²) in [7, 11) is 1.95. The van der Waals surface area contributed by atoms with Crippen LogP contribution >= 0.6 is 11.6 Å². The maximum Gasteiger partial charge on any atom is 0.410 e. The standard InChI is InChI=1S/C59H76ClN13O6Si/c1-7-48-56(75)68(2)50-35-63-57(66-54(50)73(48)41-16-8-9-17-41)64-46-22-21-40(34-51(46)77-3)55(74)62-26-13-28-69-27-12-18-43(69)38-79-58-65-47-37-70(49-20-11-15-39-14-10-19-45(60)52(39)49)29-24-44(47)53(67-58)71-30-31-72(42(36-71)23-25-61)59(76)78-32-33-80(4,5)6/h10-11,14-15,19-22,34-35,41-43,48H,7-9,12-13,16-18,23-24,26-33,36-38H2,1-6H3,(H,62,74)(H,63,64,66)/t42-,43-,48+/m0/s1. The summed E-state index contributed by atoms with van der Waals surface area (Å²) < 4.78 is 18.2. The van der Waals surface area contributed by atoms with Gasteiger partial charge in [-0.15, -0.1) is 0 Å². The molecule has 3 atom stereocenters. The number of nitriles is 1. The lowest BCUT2D eigenvalue weighted by molar-refractivity contribution is -0.120. The number of aromatic nitrogens is 4. The van der Waals surface area contributed by atoms with Gasteiger partial charge in [-0.05, 0) is 93.3 Å². The Balaban J connectivity index is 0.784. The quantitative estimate of drug-likeness (QED) is 0.0585. The van der Waals surface area contributed by atoms with Gasteiger partial charge in [-0.2, -0.15) is 20.2 Å². The number of likely N-dealkylation sites (N-methyl/N-ethyl adjacent to an activating group) is 1. The molecule has 2 saturated heterocycles. The lowest BCUT2D eigenvalue weighted by Gasteiger charge is -2.43. The number of hydrogen-bond acceptors (Lipinski definition) is 16. The van der Waals surface area contributed by atoms with Gasteiger partial charge in [0.25, 0.3) is 5.91 Å². The summed E-state index contributed by atoms with van der Waals surface area (Å²) in [6, 6.07) is 20.8. The zero-order chi connectivity index (χ0) is 56.1. The molecule has 21 heteroatoms. The van der Waals surface area contributed by atoms with Gasteiger partial charge in [-0.3, -0.25) is 14.5 Å². The number of hydrogen-bond donors (Lipinski definition) is 2. The zero-order valence-electron chi connectivity index (χ0n) is 47.2. The predicted molar refractivity (Wildman–Crippen MR) is 316 cm³/mol. The van der Waals surface area contributed by atoms with E-state index in [2.05, 4.69) is 85.2 Å². The molecule has 4 aliphatic heterocycles. The molecule has 3 aromatic carbocycles. The summed E-state index contributed by atoms with van der Waals surface area (Å²) in [4.78, 5) is 72.8. The van der Waals surface area contributed by atoms with Crippen LogP contribution in [0.1, 0.15) is 86.3 Å². The molecule has 5 aliphatic rings. The molecule has 424 valence electrons. The van der Waals surface area contributed by atoms with Crippen LogP contribution in [0.2, 0.25) is 30.7 Å². The minimum atomic E-state index is -1.41. The molecule has 3 amide bonds. The maximum atomic E-state index is 13.6. The number of carbonyl (C=O) groups excluding carboxylic acids is 3. The number of likely N-dealkylation sites (tertiary alicyclic amines) is 1. The van der Waals surface area contributed by atoms with Gasteiger partial charge in [0.1, 0.15) is 29.9 Å². The van der Waals surface area contributed by atoms with Crippen molar-refractivity contribution in [1.29, 1.82) is 5.26 Å². The third-order valence-electron chi connectivity index (χ3n) is 16.6. The highest BCUT2D eigenvalue weighted by molar-refractivity contribution is 6.76. The number of piperazine rings is 1. The first kappa shape index (κ1) is 56.3. The van der Waals surface area contributed by atoms with E-state index in [-0.39, 0.29) is 48.5 Å². The van der Waals surface area contributed by atoms with Crippen LogP contribution in [-0.2, 0) is 22.5 Å². The van der Waals surface area contributed by atoms with E-state index in [0.717, 1.165) is 110 Å². The lowest BCUT2D eigenvalue weighted by atomic mass is 10.0. The number of methoxy groups -OCH3 is 1. The fourth-order valence-corrected chi connectivity index (χ4v) is 13.2. The Morgan fingerprint density at radius 3 is 2.51 bits per heavy atom. The number of benzene rings is 3. The minimum Gasteiger partial charge on any atom is -0.495 e. The van der Waals surface area contributed by atoms with Gasteiger partial charge in [0.05, 0.1) is 61.4 Å². The molecule has 19 nitrogen and oxygen atoms in total. The second kappa shape index (κ2) is 24.8. The monoisotopic (exact) mass is 1130 g/mol. The molecule has 6 heterocycles. The molecular weight excluding hydrogens is 1050 g/mol. The Hall–Kier alpha value is -6.95. The fourth-order valence-electron chi connectivity index (χ4n) is 12.2. The zero-order valence-corrected chi connectivity index (χ0v) is 48.9. The highest BCUT2D eigenvalue weighted by atomic mass is 35.5. The average molecular weight is 1130 g/mol. The van der Waals surface area contributed by atoms with Crippen LogP contribution in [-0.4, -0.2) is 153 Å². The normalized spacial score (nSPS) is 19.7. The number of fused-ring (bicyclic) bond motifs is 3. The molecule has 0 unspecified atom stereocenters. The van der Waals surface area contributed by atoms with Crippen molar-refractivity contribution in [1.82, 2.24) is 35.1 Å². The molecule has 80 heavy (non-hydrogen) atoms. The Kier molecular flexibility index (Phi) is 17.5. The van der Waals surface area contributed by atoms with E-state index in [1.165, 1.54) is 0 Å². The van der Waals surface area contributed by atoms with Crippen LogP contribution in [0.5, 0.6) is 11.8 Å². The van der Waals surface area contributed by atoms with Gasteiger partial charge in [-0.25, -0.2) is 9.78 Å². The summed E-state index contributed by atoms with van der Waals surface area (Å²) in [6.45, 7) is 14.4. The number of amides is 3. The lowest BCUT2D eigenvalue weighted by Crippen LogP contribution is -2.56. The molecule has 10 rings (SSSR count). The molecule has 3 fully saturated rings. The van der Waals surface area contributed by atoms with Crippen LogP contribution in [0.3, 0.4) is 0 Å². The molecule has 0 radical (unpaired) electrons. The predicted octanol–water partition coefficient (Wildman–Crippen LogP) is 9.43. The highest BCUT2D eigenvalue weighted by Crippen LogP contribution is 2.42. The van der Waals surface area contributed by atoms with Gasteiger partial charge < -0.3 is 49.3 Å². The summed E-state index contributed by atoms with van der Waals surface area (Å²) in [6.07, 6.45) is 9.92. The Labute approximate surface area is 475 Å². The first-order valence-corrected chi connectivity index (χ1v) is 32.7. The first-order valence-electron chi connectivity index (χ1n) is 28.6. The highest BCUT2D eigenvalue weighted by Gasteiger charge is 2.42. The van der Waals surface area contributed by atoms with Crippen molar-refractivity contribution in [2.45, 2.75) is 128 Å². The molecular formula is C59H76ClN13O6Si. The molecule has 1 aliphatic carbocycles. The average Bonchev–Trinajstić information content (AvgIpc) is 4.26. The van der Waals surface area contributed by atoms with Crippen LogP contribution in [0.15, 0.2) is 60.8 Å². The largest absolute Gasteiger partial charge is 0.495 e. The number of ether oxygens (including phenoxy) is 3. The summed E-state index contributed by atoms with van der Waals surface area (Å²) in [5.41, 5.74) is 4.74. The van der Waals surface area contributed by atoms with Crippen LogP contribution in [0, 0.1) is 11.3 Å². The summed E-state index contributed by atoms with van der Waals surface area (Å²) in [5.74, 6) is 2.25. The van der Waals surface area contributed by atoms with Gasteiger partial charge in [-0.1, -0.05) is 75.3 Å². The van der Waals surface area contributed by atoms with E-state index >= 15 is 0 Å². The second-order valence-electron chi connectivity index (χ2n) is 23.0. The number of halogens is 1. The molecule has 5 aromatic rings. The Morgan fingerprint density at radius 1 is 0.925 bits per heavy atom. The van der Waals surface area contributed by atoms with Gasteiger partial charge in [0, 0.05) is 88.7 Å². The topological polar surface area (TPSA) is 198 Å². The number of nitrogens with one attached hydrogen (secondary N) is 2. The number of anilines is 6. The third-order valence-corrected chi connectivity index (χ3v) is 18.6. The van der Waals surface area contributed by atoms with Gasteiger partial charge >= 0.3 is 12.1 Å². The number of nitrogens with zero attached hydrogens (tertiary/aromatic N) is 11. The van der Waals surface area contributed by atoms with Crippen molar-refractivity contribution in [2.24, 2.45) is 0 Å². The van der Waals surface area contributed by atoms with E-state index in [9.17, 15) is 19.6 Å². The van der Waals surface area contributed by atoms with Crippen molar-refractivity contribution < 1.29 is 28.6 Å². The Morgan fingerprint density at radius 2 is 1.74 bits per heavy atom. The van der Waals surface area contributed by atoms with E-state index < -0.39 is 8.07 Å². The van der Waals surface area contributed by atoms with E-state index in [1.54, 1.807) is 48.4 Å². The van der Waals surface area contributed by atoms with Crippen molar-refractivity contribution in [2.75, 3.05) is 98.1 Å². The smallest absolute Gasteiger partial charge is 0.410 e. The maximum absolute atomic E-state index is 13.6. The van der Waals surface area contributed by atoms with Crippen molar-refractivity contribution in [3.8, 4) is 17.8 Å². The van der Waals surface area contributed by atoms with Gasteiger partial charge in [0.15, 0.2) is 5.82 Å². The van der Waals surface area contributed by atoms with Gasteiger partial charge in [0.2, 0.25) is 11.9 Å². The van der Waals surface area contributed by atoms with Crippen LogP contribution < -0.4 is 39.7 Å². The van der Waals surface area contributed by atoms with Crippen LogP contribution in [0.4, 0.5) is 39.4 Å². The van der Waals surface area contributed by atoms with E-state index in [4.69, 9.17) is 40.8 Å². The molecule has 0 spiro atoms. The number of carbonyl (C=O) groups is 3. The SMILES string of the molecule is CC[C@@H]1C(=O)N(C)c2cnc(Nc3ccc(C(=O)NCCCN4CCC[C@H]4COc4nc5c(c(N6CCN(C(=O)OCC[Si](C)(C)C)[C@@H](CC#N)C6)n4)CCN(c4cccc6cccc(Cl)c46)C5)cc3OC)nc2N1C1CCCC1. The molecule has 2 aromatic heterocycles. The third kappa shape index (κ3) is 12.3. The molecule has 0 bridgehead atoms. The second-order valence-corrected chi connectivity index (χ2v) is 29.0. The van der Waals surface area contributed by atoms with E-state index in [1.807, 2.05) is 19.1 Å². The Bertz CT molecular complexity index is 3110. The van der Waals surface area contributed by atoms with Crippen molar-refractivity contribution in [3.63, 3.8) is 0 Å². The minimum absolute atomic E-state index is 0.0625. The van der Waals surface area contributed by atoms with Crippen molar-refractivity contribution >= 4 is 83.0 Å². The summed E-state index contributed by atoms with van der Waals surface area (Å²) >= 11 is 6.85. The van der Waals surface area contributed by atoms with Crippen LogP contribution in [0.25, 0.3) is 10.8 Å². The molecule has 1 saturated carbocycles. The number of rotatable bonds is 19. The summed E-state index contributed by atoms with van der Waals surface area (Å²) in [5, 5.41) is 19.2. The van der Waals surface area contributed by atoms with Crippen molar-refractivity contribution in [3.05, 3.63) is 82.6 Å². The fraction of sp³-hybridized carbons (Fsp3) is 0.525. The first-order chi connectivity index (χ1) is 38.7. The molecule has 2 N–H and O–H groups in total.